The van der Waals surface area contributed by atoms with Crippen LogP contribution >= 0.6 is 11.3 Å². The summed E-state index contributed by atoms with van der Waals surface area (Å²) in [4.78, 5) is 35.5. The van der Waals surface area contributed by atoms with E-state index in [0.29, 0.717) is 24.6 Å². The maximum Gasteiger partial charge on any atom is 0.231 e. The summed E-state index contributed by atoms with van der Waals surface area (Å²) in [5, 5.41) is 5.22. The van der Waals surface area contributed by atoms with Crippen LogP contribution in [0.1, 0.15) is 12.0 Å². The average molecular weight is 423 g/mol. The fourth-order valence-corrected chi connectivity index (χ4v) is 4.21. The molecule has 1 atom stereocenters. The zero-order valence-corrected chi connectivity index (χ0v) is 17.4. The van der Waals surface area contributed by atoms with Gasteiger partial charge in [0.2, 0.25) is 11.8 Å². The van der Waals surface area contributed by atoms with Crippen molar-refractivity contribution >= 4 is 28.3 Å². The van der Waals surface area contributed by atoms with Crippen molar-refractivity contribution in [1.82, 2.24) is 14.9 Å². The van der Waals surface area contributed by atoms with Gasteiger partial charge in [-0.05, 0) is 30.2 Å². The van der Waals surface area contributed by atoms with Gasteiger partial charge in [0.25, 0.3) is 0 Å². The Balaban J connectivity index is 1.33. The molecule has 3 heterocycles. The minimum atomic E-state index is -0.377. The number of para-hydroxylation sites is 1. The molecule has 0 bridgehead atoms. The highest BCUT2D eigenvalue weighted by molar-refractivity contribution is 7.14. The monoisotopic (exact) mass is 422 g/mol. The largest absolute Gasteiger partial charge is 0.496 e. The molecule has 3 aromatic rings. The lowest BCUT2D eigenvalue weighted by Crippen LogP contribution is -2.30. The molecule has 1 aliphatic rings. The van der Waals surface area contributed by atoms with E-state index >= 15 is 0 Å². The molecule has 0 saturated carbocycles. The van der Waals surface area contributed by atoms with Gasteiger partial charge < -0.3 is 15.0 Å². The third kappa shape index (κ3) is 4.49. The molecule has 2 aromatic heterocycles. The normalized spacial score (nSPS) is 16.0. The summed E-state index contributed by atoms with van der Waals surface area (Å²) in [5.74, 6) is 0.256. The Labute approximate surface area is 178 Å². The third-order valence-electron chi connectivity index (χ3n) is 5.09. The van der Waals surface area contributed by atoms with Gasteiger partial charge in [0, 0.05) is 31.1 Å². The van der Waals surface area contributed by atoms with Crippen molar-refractivity contribution in [2.24, 2.45) is 5.92 Å². The molecule has 0 radical (unpaired) electrons. The standard InChI is InChI=1S/C22H22N4O3S/c1-29-19-8-3-2-6-15(19)9-11-26-13-16(12-20(26)27)21(28)25-22-24-18(14-30-22)17-7-4-5-10-23-17/h2-8,10,14,16H,9,11-13H2,1H3,(H,24,25,28)/t16-/m1/s1. The molecule has 0 aliphatic carbocycles. The van der Waals surface area contributed by atoms with E-state index in [0.717, 1.165) is 22.7 Å². The molecule has 4 rings (SSSR count). The summed E-state index contributed by atoms with van der Waals surface area (Å²) in [5.41, 5.74) is 2.52. The Bertz CT molecular complexity index is 1040. The second kappa shape index (κ2) is 9.04. The van der Waals surface area contributed by atoms with Crippen molar-refractivity contribution < 1.29 is 14.3 Å². The van der Waals surface area contributed by atoms with Gasteiger partial charge in [0.1, 0.15) is 11.4 Å². The van der Waals surface area contributed by atoms with Crippen molar-refractivity contribution in [3.05, 3.63) is 59.6 Å². The Kier molecular flexibility index (Phi) is 6.04. The molecule has 1 N–H and O–H groups in total. The second-order valence-electron chi connectivity index (χ2n) is 7.04. The fourth-order valence-electron chi connectivity index (χ4n) is 3.50. The van der Waals surface area contributed by atoms with Crippen molar-refractivity contribution in [3.63, 3.8) is 0 Å². The first-order chi connectivity index (χ1) is 14.6. The number of anilines is 1. The highest BCUT2D eigenvalue weighted by Gasteiger charge is 2.34. The first-order valence-electron chi connectivity index (χ1n) is 9.71. The van der Waals surface area contributed by atoms with Crippen LogP contribution in [-0.4, -0.2) is 46.9 Å². The van der Waals surface area contributed by atoms with E-state index < -0.39 is 0 Å². The summed E-state index contributed by atoms with van der Waals surface area (Å²) in [6.07, 6.45) is 2.61. The number of likely N-dealkylation sites (tertiary alicyclic amines) is 1. The number of nitrogens with one attached hydrogen (secondary N) is 1. The number of nitrogens with zero attached hydrogens (tertiary/aromatic N) is 3. The number of amides is 2. The Morgan fingerprint density at radius 3 is 2.87 bits per heavy atom. The number of ether oxygens (including phenoxy) is 1. The summed E-state index contributed by atoms with van der Waals surface area (Å²) in [7, 11) is 1.64. The molecule has 1 fully saturated rings. The van der Waals surface area contributed by atoms with Crippen LogP contribution in [0, 0.1) is 5.92 Å². The number of aromatic nitrogens is 2. The zero-order chi connectivity index (χ0) is 20.9. The van der Waals surface area contributed by atoms with E-state index in [1.165, 1.54) is 11.3 Å². The van der Waals surface area contributed by atoms with Gasteiger partial charge in [-0.25, -0.2) is 4.98 Å². The quantitative estimate of drug-likeness (QED) is 0.632. The van der Waals surface area contributed by atoms with Crippen LogP contribution in [0.15, 0.2) is 54.0 Å². The summed E-state index contributed by atoms with van der Waals surface area (Å²) < 4.78 is 5.37. The van der Waals surface area contributed by atoms with Crippen molar-refractivity contribution in [2.75, 3.05) is 25.5 Å². The summed E-state index contributed by atoms with van der Waals surface area (Å²) in [6.45, 7) is 0.975. The first kappa shape index (κ1) is 20.0. The van der Waals surface area contributed by atoms with Crippen LogP contribution in [0.5, 0.6) is 5.75 Å². The van der Waals surface area contributed by atoms with Gasteiger partial charge in [-0.3, -0.25) is 14.6 Å². The number of hydrogen-bond donors (Lipinski definition) is 1. The number of rotatable bonds is 7. The van der Waals surface area contributed by atoms with Gasteiger partial charge in [-0.2, -0.15) is 0 Å². The third-order valence-corrected chi connectivity index (χ3v) is 5.85. The van der Waals surface area contributed by atoms with E-state index in [1.807, 2.05) is 47.8 Å². The van der Waals surface area contributed by atoms with Crippen LogP contribution in [0.3, 0.4) is 0 Å². The van der Waals surface area contributed by atoms with Gasteiger partial charge >= 0.3 is 0 Å². The highest BCUT2D eigenvalue weighted by Crippen LogP contribution is 2.26. The number of thiazole rings is 1. The SMILES string of the molecule is COc1ccccc1CCN1C[C@H](C(=O)Nc2nc(-c3ccccn3)cs2)CC1=O. The van der Waals surface area contributed by atoms with Crippen LogP contribution < -0.4 is 10.1 Å². The number of hydrogen-bond acceptors (Lipinski definition) is 6. The van der Waals surface area contributed by atoms with E-state index in [1.54, 1.807) is 18.2 Å². The van der Waals surface area contributed by atoms with E-state index in [4.69, 9.17) is 4.74 Å². The van der Waals surface area contributed by atoms with Crippen molar-refractivity contribution in [2.45, 2.75) is 12.8 Å². The first-order valence-corrected chi connectivity index (χ1v) is 10.6. The zero-order valence-electron chi connectivity index (χ0n) is 16.6. The number of carbonyl (C=O) groups excluding carboxylic acids is 2. The molecule has 8 heteroatoms. The summed E-state index contributed by atoms with van der Waals surface area (Å²) >= 11 is 1.35. The molecule has 154 valence electrons. The van der Waals surface area contributed by atoms with Gasteiger partial charge in [0.05, 0.1) is 18.7 Å². The van der Waals surface area contributed by atoms with Crippen molar-refractivity contribution in [1.29, 1.82) is 0 Å². The molecule has 7 nitrogen and oxygen atoms in total. The molecule has 1 aromatic carbocycles. The lowest BCUT2D eigenvalue weighted by Gasteiger charge is -2.17. The number of pyridine rings is 1. The van der Waals surface area contributed by atoms with E-state index in [2.05, 4.69) is 15.3 Å². The molecule has 2 amide bonds. The second-order valence-corrected chi connectivity index (χ2v) is 7.90. The minimum absolute atomic E-state index is 0.00152. The Morgan fingerprint density at radius 2 is 2.07 bits per heavy atom. The highest BCUT2D eigenvalue weighted by atomic mass is 32.1. The van der Waals surface area contributed by atoms with Crippen LogP contribution in [0.4, 0.5) is 5.13 Å². The van der Waals surface area contributed by atoms with Gasteiger partial charge in [0.15, 0.2) is 5.13 Å². The van der Waals surface area contributed by atoms with Crippen molar-refractivity contribution in [3.8, 4) is 17.1 Å². The number of methoxy groups -OCH3 is 1. The Hall–Kier alpha value is -3.26. The smallest absolute Gasteiger partial charge is 0.231 e. The molecular formula is C22H22N4O3S. The molecule has 1 aliphatic heterocycles. The van der Waals surface area contributed by atoms with E-state index in [-0.39, 0.29) is 24.2 Å². The van der Waals surface area contributed by atoms with Crippen LogP contribution in [0.25, 0.3) is 11.4 Å². The fraction of sp³-hybridized carbons (Fsp3) is 0.273. The molecule has 1 saturated heterocycles. The van der Waals surface area contributed by atoms with Crippen LogP contribution in [-0.2, 0) is 16.0 Å². The molecule has 30 heavy (non-hydrogen) atoms. The molecule has 0 spiro atoms. The lowest BCUT2D eigenvalue weighted by molar-refractivity contribution is -0.128. The van der Waals surface area contributed by atoms with Gasteiger partial charge in [-0.1, -0.05) is 24.3 Å². The van der Waals surface area contributed by atoms with E-state index in [9.17, 15) is 9.59 Å². The summed E-state index contributed by atoms with van der Waals surface area (Å²) in [6, 6.07) is 13.4. The maximum atomic E-state index is 12.7. The Morgan fingerprint density at radius 1 is 1.23 bits per heavy atom. The number of benzene rings is 1. The lowest BCUT2D eigenvalue weighted by atomic mass is 10.1. The van der Waals surface area contributed by atoms with Gasteiger partial charge in [-0.15, -0.1) is 11.3 Å². The average Bonchev–Trinajstić information content (AvgIpc) is 3.39. The van der Waals surface area contributed by atoms with Crippen LogP contribution in [0.2, 0.25) is 0 Å². The molecular weight excluding hydrogens is 400 g/mol. The number of carbonyl (C=O) groups is 2. The molecule has 0 unspecified atom stereocenters. The topological polar surface area (TPSA) is 84.4 Å². The predicted molar refractivity (Wildman–Crippen MR) is 115 cm³/mol. The maximum absolute atomic E-state index is 12.7. The minimum Gasteiger partial charge on any atom is -0.496 e. The predicted octanol–water partition coefficient (Wildman–Crippen LogP) is 3.24.